The monoisotopic (exact) mass is 244 g/mol. The lowest BCUT2D eigenvalue weighted by Crippen LogP contribution is -2.11. The van der Waals surface area contributed by atoms with Crippen LogP contribution in [0.2, 0.25) is 0 Å². The zero-order valence-electron chi connectivity index (χ0n) is 10.6. The van der Waals surface area contributed by atoms with E-state index in [0.717, 1.165) is 11.3 Å². The van der Waals surface area contributed by atoms with Crippen molar-refractivity contribution in [2.75, 3.05) is 11.9 Å². The zero-order valence-corrected chi connectivity index (χ0v) is 10.6. The van der Waals surface area contributed by atoms with E-state index in [-0.39, 0.29) is 11.9 Å². The Bertz CT molecular complexity index is 520. The largest absolute Gasteiger partial charge is 0.342 e. The van der Waals surface area contributed by atoms with Gasteiger partial charge < -0.3 is 10.6 Å². The van der Waals surface area contributed by atoms with E-state index in [0.29, 0.717) is 5.69 Å². The smallest absolute Gasteiger partial charge is 0.146 e. The summed E-state index contributed by atoms with van der Waals surface area (Å²) >= 11 is 0. The van der Waals surface area contributed by atoms with Gasteiger partial charge in [-0.2, -0.15) is 0 Å². The number of benzene rings is 2. The van der Waals surface area contributed by atoms with Crippen LogP contribution in [0, 0.1) is 5.82 Å². The fourth-order valence-corrected chi connectivity index (χ4v) is 1.86. The molecule has 0 spiro atoms. The molecule has 0 radical (unpaired) electrons. The van der Waals surface area contributed by atoms with Crippen molar-refractivity contribution >= 4 is 11.4 Å². The van der Waals surface area contributed by atoms with Crippen molar-refractivity contribution in [1.29, 1.82) is 0 Å². The van der Waals surface area contributed by atoms with Gasteiger partial charge in [0.1, 0.15) is 5.82 Å². The first kappa shape index (κ1) is 12.6. The van der Waals surface area contributed by atoms with Crippen molar-refractivity contribution in [3.8, 4) is 0 Å². The van der Waals surface area contributed by atoms with E-state index in [4.69, 9.17) is 5.73 Å². The van der Waals surface area contributed by atoms with Gasteiger partial charge in [0.25, 0.3) is 0 Å². The van der Waals surface area contributed by atoms with Crippen molar-refractivity contribution in [2.24, 2.45) is 5.73 Å². The Kier molecular flexibility index (Phi) is 3.63. The minimum absolute atomic E-state index is 0.0119. The fourth-order valence-electron chi connectivity index (χ4n) is 1.86. The minimum Gasteiger partial charge on any atom is -0.342 e. The summed E-state index contributed by atoms with van der Waals surface area (Å²) in [5.41, 5.74) is 8.37. The SMILES string of the molecule is CC(N)c1ccc(N(C)c2ccccc2F)cc1. The van der Waals surface area contributed by atoms with Gasteiger partial charge in [-0.05, 0) is 36.8 Å². The fraction of sp³-hybridized carbons (Fsp3) is 0.200. The van der Waals surface area contributed by atoms with Crippen molar-refractivity contribution in [3.63, 3.8) is 0 Å². The van der Waals surface area contributed by atoms with Crippen LogP contribution in [0.15, 0.2) is 48.5 Å². The molecule has 1 unspecified atom stereocenters. The molecular formula is C15H17FN2. The molecule has 1 atom stereocenters. The lowest BCUT2D eigenvalue weighted by Gasteiger charge is -2.20. The van der Waals surface area contributed by atoms with Crippen LogP contribution in [0.3, 0.4) is 0 Å². The van der Waals surface area contributed by atoms with Crippen molar-refractivity contribution < 1.29 is 4.39 Å². The van der Waals surface area contributed by atoms with Crippen LogP contribution in [0.4, 0.5) is 15.8 Å². The van der Waals surface area contributed by atoms with E-state index in [1.807, 2.05) is 49.2 Å². The van der Waals surface area contributed by atoms with Gasteiger partial charge in [-0.1, -0.05) is 24.3 Å². The van der Waals surface area contributed by atoms with Gasteiger partial charge in [0.2, 0.25) is 0 Å². The highest BCUT2D eigenvalue weighted by atomic mass is 19.1. The number of nitrogens with zero attached hydrogens (tertiary/aromatic N) is 1. The van der Waals surface area contributed by atoms with Gasteiger partial charge in [-0.15, -0.1) is 0 Å². The number of halogens is 1. The maximum absolute atomic E-state index is 13.7. The first-order valence-corrected chi connectivity index (χ1v) is 5.93. The Labute approximate surface area is 107 Å². The molecule has 2 aromatic carbocycles. The van der Waals surface area contributed by atoms with E-state index in [9.17, 15) is 4.39 Å². The molecule has 2 nitrogen and oxygen atoms in total. The lowest BCUT2D eigenvalue weighted by atomic mass is 10.1. The minimum atomic E-state index is -0.226. The van der Waals surface area contributed by atoms with Crippen LogP contribution in [-0.2, 0) is 0 Å². The van der Waals surface area contributed by atoms with Crippen molar-refractivity contribution in [1.82, 2.24) is 0 Å². The van der Waals surface area contributed by atoms with Gasteiger partial charge in [0.15, 0.2) is 0 Å². The normalized spacial score (nSPS) is 12.2. The second-order valence-corrected chi connectivity index (χ2v) is 4.39. The first-order chi connectivity index (χ1) is 8.59. The zero-order chi connectivity index (χ0) is 13.1. The standard InChI is InChI=1S/C15H17FN2/c1-11(17)12-7-9-13(10-8-12)18(2)15-6-4-3-5-14(15)16/h3-11H,17H2,1-2H3. The highest BCUT2D eigenvalue weighted by molar-refractivity contribution is 5.63. The van der Waals surface area contributed by atoms with E-state index in [2.05, 4.69) is 0 Å². The number of hydrogen-bond acceptors (Lipinski definition) is 2. The maximum Gasteiger partial charge on any atom is 0.146 e. The molecule has 2 aromatic rings. The molecule has 3 heteroatoms. The lowest BCUT2D eigenvalue weighted by molar-refractivity contribution is 0.627. The summed E-state index contributed by atoms with van der Waals surface area (Å²) in [6.45, 7) is 1.94. The van der Waals surface area contributed by atoms with Crippen LogP contribution in [0.25, 0.3) is 0 Å². The van der Waals surface area contributed by atoms with Gasteiger partial charge in [-0.3, -0.25) is 0 Å². The average molecular weight is 244 g/mol. The van der Waals surface area contributed by atoms with Crippen molar-refractivity contribution in [2.45, 2.75) is 13.0 Å². The molecule has 2 N–H and O–H groups in total. The molecule has 0 heterocycles. The molecule has 0 aliphatic rings. The highest BCUT2D eigenvalue weighted by Crippen LogP contribution is 2.26. The summed E-state index contributed by atoms with van der Waals surface area (Å²) in [4.78, 5) is 1.82. The Morgan fingerprint density at radius 1 is 1.06 bits per heavy atom. The Morgan fingerprint density at radius 2 is 1.67 bits per heavy atom. The third kappa shape index (κ3) is 2.51. The molecule has 0 aliphatic carbocycles. The van der Waals surface area contributed by atoms with E-state index < -0.39 is 0 Å². The predicted molar refractivity (Wildman–Crippen MR) is 73.5 cm³/mol. The quantitative estimate of drug-likeness (QED) is 0.893. The number of hydrogen-bond donors (Lipinski definition) is 1. The molecule has 0 aliphatic heterocycles. The van der Waals surface area contributed by atoms with Crippen LogP contribution < -0.4 is 10.6 Å². The maximum atomic E-state index is 13.7. The molecule has 94 valence electrons. The molecule has 0 saturated carbocycles. The first-order valence-electron chi connectivity index (χ1n) is 5.93. The molecular weight excluding hydrogens is 227 g/mol. The molecule has 0 aromatic heterocycles. The highest BCUT2D eigenvalue weighted by Gasteiger charge is 2.08. The van der Waals surface area contributed by atoms with Crippen molar-refractivity contribution in [3.05, 3.63) is 59.9 Å². The van der Waals surface area contributed by atoms with Crippen LogP contribution >= 0.6 is 0 Å². The summed E-state index contributed by atoms with van der Waals surface area (Å²) in [5.74, 6) is -0.226. The summed E-state index contributed by atoms with van der Waals surface area (Å²) in [5, 5.41) is 0. The second kappa shape index (κ2) is 5.19. The Balaban J connectivity index is 2.29. The van der Waals surface area contributed by atoms with Crippen LogP contribution in [0.1, 0.15) is 18.5 Å². The molecule has 0 fully saturated rings. The van der Waals surface area contributed by atoms with Gasteiger partial charge in [0, 0.05) is 18.8 Å². The summed E-state index contributed by atoms with van der Waals surface area (Å²) < 4.78 is 13.7. The third-order valence-corrected chi connectivity index (χ3v) is 3.02. The van der Waals surface area contributed by atoms with E-state index in [1.54, 1.807) is 12.1 Å². The predicted octanol–water partition coefficient (Wildman–Crippen LogP) is 3.61. The van der Waals surface area contributed by atoms with Crippen LogP contribution in [-0.4, -0.2) is 7.05 Å². The number of para-hydroxylation sites is 1. The number of rotatable bonds is 3. The number of anilines is 2. The Morgan fingerprint density at radius 3 is 2.22 bits per heavy atom. The molecule has 2 rings (SSSR count). The summed E-state index contributed by atoms with van der Waals surface area (Å²) in [6, 6.07) is 14.6. The molecule has 0 bridgehead atoms. The molecule has 0 saturated heterocycles. The third-order valence-electron chi connectivity index (χ3n) is 3.02. The average Bonchev–Trinajstić information content (AvgIpc) is 2.38. The van der Waals surface area contributed by atoms with Gasteiger partial charge in [-0.25, -0.2) is 4.39 Å². The second-order valence-electron chi connectivity index (χ2n) is 4.39. The topological polar surface area (TPSA) is 29.3 Å². The Hall–Kier alpha value is -1.87. The summed E-state index contributed by atoms with van der Waals surface area (Å²) in [7, 11) is 1.85. The number of nitrogens with two attached hydrogens (primary N) is 1. The summed E-state index contributed by atoms with van der Waals surface area (Å²) in [6.07, 6.45) is 0. The van der Waals surface area contributed by atoms with E-state index in [1.165, 1.54) is 6.07 Å². The van der Waals surface area contributed by atoms with Gasteiger partial charge in [0.05, 0.1) is 5.69 Å². The molecule has 18 heavy (non-hydrogen) atoms. The van der Waals surface area contributed by atoms with E-state index >= 15 is 0 Å². The molecule has 0 amide bonds. The van der Waals surface area contributed by atoms with Crippen LogP contribution in [0.5, 0.6) is 0 Å². The van der Waals surface area contributed by atoms with Gasteiger partial charge >= 0.3 is 0 Å².